The Hall–Kier alpha value is -0.980. The summed E-state index contributed by atoms with van der Waals surface area (Å²) in [5, 5.41) is 0. The number of benzene rings is 1. The van der Waals surface area contributed by atoms with E-state index in [1.165, 1.54) is 6.07 Å². The average molecular weight is 326 g/mol. The second-order valence-corrected chi connectivity index (χ2v) is 8.45. The number of thiocarbonyl (C=S) groups is 1. The van der Waals surface area contributed by atoms with Crippen LogP contribution in [0.2, 0.25) is 0 Å². The maximum Gasteiger partial charge on any atom is 0.240 e. The van der Waals surface area contributed by atoms with Crippen LogP contribution in [0.4, 0.5) is 0 Å². The van der Waals surface area contributed by atoms with E-state index < -0.39 is 10.0 Å². The Bertz CT molecular complexity index is 639. The van der Waals surface area contributed by atoms with Crippen LogP contribution in [-0.2, 0) is 10.0 Å². The molecule has 1 unspecified atom stereocenters. The van der Waals surface area contributed by atoms with Gasteiger partial charge in [-0.2, -0.15) is 0 Å². The summed E-state index contributed by atoms with van der Waals surface area (Å²) in [5.41, 5.74) is 6.11. The second-order valence-electron chi connectivity index (χ2n) is 6.30. The van der Waals surface area contributed by atoms with Crippen LogP contribution in [0.25, 0.3) is 0 Å². The van der Waals surface area contributed by atoms with E-state index in [9.17, 15) is 8.42 Å². The highest BCUT2D eigenvalue weighted by Gasteiger charge is 2.35. The number of nitrogens with two attached hydrogens (primary N) is 1. The molecule has 0 heterocycles. The zero-order chi connectivity index (χ0) is 15.7. The molecule has 0 bridgehead atoms. The first-order valence-electron chi connectivity index (χ1n) is 7.14. The second kappa shape index (κ2) is 6.02. The third-order valence-electron chi connectivity index (χ3n) is 4.23. The zero-order valence-electron chi connectivity index (χ0n) is 12.4. The van der Waals surface area contributed by atoms with E-state index in [1.807, 2.05) is 0 Å². The van der Waals surface area contributed by atoms with Gasteiger partial charge in [0, 0.05) is 11.6 Å². The molecule has 1 aromatic carbocycles. The van der Waals surface area contributed by atoms with Crippen molar-refractivity contribution in [2.45, 2.75) is 50.5 Å². The lowest BCUT2D eigenvalue weighted by molar-refractivity contribution is 0.188. The summed E-state index contributed by atoms with van der Waals surface area (Å²) in [6.07, 6.45) is 4.13. The molecule has 1 aromatic rings. The van der Waals surface area contributed by atoms with Crippen molar-refractivity contribution in [2.75, 3.05) is 0 Å². The van der Waals surface area contributed by atoms with Crippen molar-refractivity contribution in [3.63, 3.8) is 0 Å². The van der Waals surface area contributed by atoms with Crippen molar-refractivity contribution in [1.82, 2.24) is 4.72 Å². The summed E-state index contributed by atoms with van der Waals surface area (Å²) >= 11 is 4.90. The minimum absolute atomic E-state index is 0.0217. The van der Waals surface area contributed by atoms with Gasteiger partial charge in [-0.05, 0) is 30.4 Å². The maximum atomic E-state index is 12.6. The molecule has 0 aromatic heterocycles. The molecule has 0 spiro atoms. The highest BCUT2D eigenvalue weighted by atomic mass is 32.2. The minimum Gasteiger partial charge on any atom is -0.389 e. The molecule has 1 atom stereocenters. The van der Waals surface area contributed by atoms with Crippen molar-refractivity contribution < 1.29 is 8.42 Å². The Balaban J connectivity index is 2.26. The first-order chi connectivity index (χ1) is 9.72. The summed E-state index contributed by atoms with van der Waals surface area (Å²) in [5.74, 6) is 0. The fraction of sp³-hybridized carbons (Fsp3) is 0.533. The lowest BCUT2D eigenvalue weighted by Gasteiger charge is -2.38. The van der Waals surface area contributed by atoms with Crippen LogP contribution in [-0.4, -0.2) is 19.4 Å². The van der Waals surface area contributed by atoms with Crippen LogP contribution in [0.3, 0.4) is 0 Å². The molecule has 0 radical (unpaired) electrons. The molecule has 1 aliphatic carbocycles. The standard InChI is InChI=1S/C15H22N2O2S2/c1-15(2)9-4-3-8-13(15)17-21(18,19)12-7-5-6-11(10-12)14(16)20/h5-7,10,13,17H,3-4,8-9H2,1-2H3,(H2,16,20). The van der Waals surface area contributed by atoms with Gasteiger partial charge in [0.25, 0.3) is 0 Å². The monoisotopic (exact) mass is 326 g/mol. The normalized spacial score (nSPS) is 21.9. The summed E-state index contributed by atoms with van der Waals surface area (Å²) in [6.45, 7) is 4.23. The molecule has 1 fully saturated rings. The van der Waals surface area contributed by atoms with Crippen molar-refractivity contribution in [3.05, 3.63) is 29.8 Å². The number of hydrogen-bond acceptors (Lipinski definition) is 3. The van der Waals surface area contributed by atoms with Gasteiger partial charge in [-0.25, -0.2) is 13.1 Å². The van der Waals surface area contributed by atoms with Gasteiger partial charge in [0.2, 0.25) is 10.0 Å². The lowest BCUT2D eigenvalue weighted by Crippen LogP contribution is -2.46. The van der Waals surface area contributed by atoms with Gasteiger partial charge in [0.15, 0.2) is 0 Å². The van der Waals surface area contributed by atoms with E-state index in [1.54, 1.807) is 18.2 Å². The van der Waals surface area contributed by atoms with Gasteiger partial charge in [0.1, 0.15) is 4.99 Å². The van der Waals surface area contributed by atoms with E-state index >= 15 is 0 Å². The van der Waals surface area contributed by atoms with Gasteiger partial charge < -0.3 is 5.73 Å². The van der Waals surface area contributed by atoms with Gasteiger partial charge in [-0.1, -0.05) is 51.0 Å². The molecule has 1 aliphatic rings. The largest absolute Gasteiger partial charge is 0.389 e. The SMILES string of the molecule is CC1(C)CCCCC1NS(=O)(=O)c1cccc(C(N)=S)c1. The van der Waals surface area contributed by atoms with E-state index in [0.717, 1.165) is 25.7 Å². The molecule has 0 aliphatic heterocycles. The van der Waals surface area contributed by atoms with Crippen LogP contribution in [0, 0.1) is 5.41 Å². The Morgan fingerprint density at radius 1 is 1.38 bits per heavy atom. The molecule has 6 heteroatoms. The van der Waals surface area contributed by atoms with Crippen LogP contribution in [0.1, 0.15) is 45.1 Å². The van der Waals surface area contributed by atoms with Crippen LogP contribution in [0.15, 0.2) is 29.2 Å². The number of hydrogen-bond donors (Lipinski definition) is 2. The molecule has 0 amide bonds. The number of rotatable bonds is 4. The predicted octanol–water partition coefficient (Wildman–Crippen LogP) is 2.57. The maximum absolute atomic E-state index is 12.6. The van der Waals surface area contributed by atoms with Crippen molar-refractivity contribution in [2.24, 2.45) is 11.1 Å². The Morgan fingerprint density at radius 2 is 2.10 bits per heavy atom. The van der Waals surface area contributed by atoms with E-state index in [4.69, 9.17) is 18.0 Å². The highest BCUT2D eigenvalue weighted by molar-refractivity contribution is 7.89. The topological polar surface area (TPSA) is 72.2 Å². The Labute approximate surface area is 132 Å². The average Bonchev–Trinajstić information content (AvgIpc) is 2.41. The number of sulfonamides is 1. The van der Waals surface area contributed by atoms with Crippen LogP contribution < -0.4 is 10.5 Å². The van der Waals surface area contributed by atoms with Crippen molar-refractivity contribution in [3.8, 4) is 0 Å². The van der Waals surface area contributed by atoms with Gasteiger partial charge >= 0.3 is 0 Å². The predicted molar refractivity (Wildman–Crippen MR) is 88.7 cm³/mol. The molecule has 21 heavy (non-hydrogen) atoms. The van der Waals surface area contributed by atoms with Crippen molar-refractivity contribution in [1.29, 1.82) is 0 Å². The fourth-order valence-electron chi connectivity index (χ4n) is 2.78. The lowest BCUT2D eigenvalue weighted by atomic mass is 9.74. The van der Waals surface area contributed by atoms with Crippen molar-refractivity contribution >= 4 is 27.2 Å². The summed E-state index contributed by atoms with van der Waals surface area (Å²) < 4.78 is 28.0. The molecular formula is C15H22N2O2S2. The number of nitrogens with one attached hydrogen (secondary N) is 1. The summed E-state index contributed by atoms with van der Waals surface area (Å²) in [7, 11) is -3.55. The van der Waals surface area contributed by atoms with Crippen LogP contribution >= 0.6 is 12.2 Å². The highest BCUT2D eigenvalue weighted by Crippen LogP contribution is 2.36. The molecule has 2 rings (SSSR count). The first-order valence-corrected chi connectivity index (χ1v) is 9.04. The third-order valence-corrected chi connectivity index (χ3v) is 5.94. The molecular weight excluding hydrogens is 304 g/mol. The van der Waals surface area contributed by atoms with Crippen LogP contribution in [0.5, 0.6) is 0 Å². The Kier molecular flexibility index (Phi) is 4.70. The van der Waals surface area contributed by atoms with E-state index in [-0.39, 0.29) is 21.3 Å². The Morgan fingerprint density at radius 3 is 2.71 bits per heavy atom. The van der Waals surface area contributed by atoms with Gasteiger partial charge in [-0.3, -0.25) is 0 Å². The fourth-order valence-corrected chi connectivity index (χ4v) is 4.40. The van der Waals surface area contributed by atoms with E-state index in [0.29, 0.717) is 5.56 Å². The third kappa shape index (κ3) is 3.81. The zero-order valence-corrected chi connectivity index (χ0v) is 14.1. The quantitative estimate of drug-likeness (QED) is 0.834. The van der Waals surface area contributed by atoms with Gasteiger partial charge in [-0.15, -0.1) is 0 Å². The van der Waals surface area contributed by atoms with E-state index in [2.05, 4.69) is 18.6 Å². The molecule has 3 N–H and O–H groups in total. The summed E-state index contributed by atoms with van der Waals surface area (Å²) in [6, 6.07) is 6.44. The molecule has 1 saturated carbocycles. The molecule has 116 valence electrons. The summed E-state index contributed by atoms with van der Waals surface area (Å²) in [4.78, 5) is 0.416. The molecule has 0 saturated heterocycles. The first kappa shape index (κ1) is 16.4. The smallest absolute Gasteiger partial charge is 0.240 e. The van der Waals surface area contributed by atoms with Gasteiger partial charge in [0.05, 0.1) is 4.90 Å². The molecule has 4 nitrogen and oxygen atoms in total. The minimum atomic E-state index is -3.55.